The summed E-state index contributed by atoms with van der Waals surface area (Å²) >= 11 is 0. The van der Waals surface area contributed by atoms with Crippen molar-refractivity contribution in [3.05, 3.63) is 71.0 Å². The van der Waals surface area contributed by atoms with Gasteiger partial charge in [0.2, 0.25) is 0 Å². The van der Waals surface area contributed by atoms with Crippen LogP contribution in [0.4, 0.5) is 4.39 Å². The zero-order valence-electron chi connectivity index (χ0n) is 14.1. The second-order valence-electron chi connectivity index (χ2n) is 6.31. The molecule has 0 atom stereocenters. The standard InChI is InChI=1S/C22H23FO/c1-2-24-22-15-11-20(12-16-22)19-9-5-17(6-10-19)3-4-18-7-13-21(23)14-8-18/h5-10,13-14,20,22H,2,11-12,15-16H2,1H3. The lowest BCUT2D eigenvalue weighted by molar-refractivity contribution is 0.0328. The van der Waals surface area contributed by atoms with Crippen molar-refractivity contribution in [1.82, 2.24) is 0 Å². The fourth-order valence-electron chi connectivity index (χ4n) is 3.31. The molecule has 0 amide bonds. The average molecular weight is 322 g/mol. The zero-order chi connectivity index (χ0) is 16.8. The molecular formula is C22H23FO. The van der Waals surface area contributed by atoms with Crippen LogP contribution in [0, 0.1) is 17.7 Å². The molecule has 2 aromatic rings. The Hall–Kier alpha value is -2.11. The summed E-state index contributed by atoms with van der Waals surface area (Å²) in [7, 11) is 0. The Morgan fingerprint density at radius 2 is 1.42 bits per heavy atom. The first-order chi connectivity index (χ1) is 11.7. The van der Waals surface area contributed by atoms with Crippen molar-refractivity contribution in [2.45, 2.75) is 44.6 Å². The molecule has 1 aliphatic carbocycles. The van der Waals surface area contributed by atoms with Gasteiger partial charge >= 0.3 is 0 Å². The smallest absolute Gasteiger partial charge is 0.123 e. The van der Waals surface area contributed by atoms with Crippen molar-refractivity contribution in [1.29, 1.82) is 0 Å². The van der Waals surface area contributed by atoms with Gasteiger partial charge in [-0.05, 0) is 80.5 Å². The molecule has 0 saturated heterocycles. The lowest BCUT2D eigenvalue weighted by atomic mass is 9.82. The van der Waals surface area contributed by atoms with E-state index in [2.05, 4.69) is 43.0 Å². The molecule has 2 heteroatoms. The minimum Gasteiger partial charge on any atom is -0.379 e. The summed E-state index contributed by atoms with van der Waals surface area (Å²) in [6.07, 6.45) is 5.17. The molecule has 1 saturated carbocycles. The molecule has 0 unspecified atom stereocenters. The van der Waals surface area contributed by atoms with E-state index < -0.39 is 0 Å². The molecule has 0 aromatic heterocycles. The molecule has 2 aromatic carbocycles. The lowest BCUT2D eigenvalue weighted by Gasteiger charge is -2.28. The number of benzene rings is 2. The van der Waals surface area contributed by atoms with Crippen LogP contribution in [-0.2, 0) is 4.74 Å². The molecule has 0 aliphatic heterocycles. The fourth-order valence-corrected chi connectivity index (χ4v) is 3.31. The van der Waals surface area contributed by atoms with Gasteiger partial charge in [-0.1, -0.05) is 24.0 Å². The molecule has 0 N–H and O–H groups in total. The van der Waals surface area contributed by atoms with Crippen molar-refractivity contribution < 1.29 is 9.13 Å². The normalized spacial score (nSPS) is 20.2. The molecule has 1 aliphatic rings. The second kappa shape index (κ2) is 8.13. The Labute approximate surface area is 143 Å². The van der Waals surface area contributed by atoms with E-state index in [1.54, 1.807) is 12.1 Å². The minimum atomic E-state index is -0.232. The van der Waals surface area contributed by atoms with E-state index in [1.807, 2.05) is 0 Å². The fraction of sp³-hybridized carbons (Fsp3) is 0.364. The molecule has 1 nitrogen and oxygen atoms in total. The van der Waals surface area contributed by atoms with Crippen LogP contribution in [0.1, 0.15) is 55.2 Å². The van der Waals surface area contributed by atoms with Gasteiger partial charge < -0.3 is 4.74 Å². The Bertz CT molecular complexity index is 698. The van der Waals surface area contributed by atoms with Crippen molar-refractivity contribution in [2.24, 2.45) is 0 Å². The van der Waals surface area contributed by atoms with Crippen molar-refractivity contribution >= 4 is 0 Å². The van der Waals surface area contributed by atoms with E-state index in [4.69, 9.17) is 4.74 Å². The third-order valence-corrected chi connectivity index (χ3v) is 4.65. The first kappa shape index (κ1) is 16.7. The highest BCUT2D eigenvalue weighted by atomic mass is 19.1. The van der Waals surface area contributed by atoms with Gasteiger partial charge in [0.1, 0.15) is 5.82 Å². The number of rotatable bonds is 3. The van der Waals surface area contributed by atoms with E-state index in [0.29, 0.717) is 12.0 Å². The van der Waals surface area contributed by atoms with E-state index in [-0.39, 0.29) is 5.82 Å². The van der Waals surface area contributed by atoms with Crippen molar-refractivity contribution in [2.75, 3.05) is 6.61 Å². The molecule has 3 rings (SSSR count). The van der Waals surface area contributed by atoms with Gasteiger partial charge in [-0.3, -0.25) is 0 Å². The number of hydrogen-bond donors (Lipinski definition) is 0. The van der Waals surface area contributed by atoms with Crippen LogP contribution in [0.2, 0.25) is 0 Å². The maximum atomic E-state index is 12.9. The highest BCUT2D eigenvalue weighted by molar-refractivity contribution is 5.43. The lowest BCUT2D eigenvalue weighted by Crippen LogP contribution is -2.20. The predicted octanol–water partition coefficient (Wildman–Crippen LogP) is 5.29. The van der Waals surface area contributed by atoms with Crippen molar-refractivity contribution in [3.8, 4) is 11.8 Å². The summed E-state index contributed by atoms with van der Waals surface area (Å²) in [6.45, 7) is 2.88. The van der Waals surface area contributed by atoms with Gasteiger partial charge in [0, 0.05) is 17.7 Å². The molecule has 24 heavy (non-hydrogen) atoms. The summed E-state index contributed by atoms with van der Waals surface area (Å²) in [5, 5.41) is 0. The van der Waals surface area contributed by atoms with Gasteiger partial charge in [-0.15, -0.1) is 0 Å². The van der Waals surface area contributed by atoms with Crippen LogP contribution in [0.5, 0.6) is 0 Å². The van der Waals surface area contributed by atoms with Crippen LogP contribution in [-0.4, -0.2) is 12.7 Å². The average Bonchev–Trinajstić information content (AvgIpc) is 2.63. The van der Waals surface area contributed by atoms with E-state index in [1.165, 1.54) is 30.5 Å². The molecule has 0 radical (unpaired) electrons. The Balaban J connectivity index is 1.61. The summed E-state index contributed by atoms with van der Waals surface area (Å²) < 4.78 is 18.6. The highest BCUT2D eigenvalue weighted by Crippen LogP contribution is 2.34. The quantitative estimate of drug-likeness (QED) is 0.698. The maximum absolute atomic E-state index is 12.9. The first-order valence-electron chi connectivity index (χ1n) is 8.73. The molecule has 0 spiro atoms. The zero-order valence-corrected chi connectivity index (χ0v) is 14.1. The number of hydrogen-bond acceptors (Lipinski definition) is 1. The Morgan fingerprint density at radius 3 is 1.96 bits per heavy atom. The van der Waals surface area contributed by atoms with Crippen LogP contribution in [0.15, 0.2) is 48.5 Å². The SMILES string of the molecule is CCOC1CCC(c2ccc(C#Cc3ccc(F)cc3)cc2)CC1. The van der Waals surface area contributed by atoms with Gasteiger partial charge in [0.05, 0.1) is 6.10 Å². The van der Waals surface area contributed by atoms with Crippen LogP contribution in [0.3, 0.4) is 0 Å². The molecule has 0 bridgehead atoms. The van der Waals surface area contributed by atoms with Gasteiger partial charge in [-0.2, -0.15) is 0 Å². The summed E-state index contributed by atoms with van der Waals surface area (Å²) in [5.41, 5.74) is 3.22. The largest absolute Gasteiger partial charge is 0.379 e. The Morgan fingerprint density at radius 1 is 0.875 bits per heavy atom. The van der Waals surface area contributed by atoms with Crippen LogP contribution in [0.25, 0.3) is 0 Å². The first-order valence-corrected chi connectivity index (χ1v) is 8.73. The number of ether oxygens (including phenoxy) is 1. The van der Waals surface area contributed by atoms with Gasteiger partial charge in [-0.25, -0.2) is 4.39 Å². The van der Waals surface area contributed by atoms with E-state index in [9.17, 15) is 4.39 Å². The second-order valence-corrected chi connectivity index (χ2v) is 6.31. The molecule has 0 heterocycles. The van der Waals surface area contributed by atoms with Gasteiger partial charge in [0.15, 0.2) is 0 Å². The van der Waals surface area contributed by atoms with E-state index >= 15 is 0 Å². The summed E-state index contributed by atoms with van der Waals surface area (Å²) in [4.78, 5) is 0. The predicted molar refractivity (Wildman–Crippen MR) is 95.4 cm³/mol. The van der Waals surface area contributed by atoms with E-state index in [0.717, 1.165) is 30.6 Å². The number of halogens is 1. The van der Waals surface area contributed by atoms with Crippen molar-refractivity contribution in [3.63, 3.8) is 0 Å². The molecule has 1 fully saturated rings. The highest BCUT2D eigenvalue weighted by Gasteiger charge is 2.22. The third-order valence-electron chi connectivity index (χ3n) is 4.65. The third kappa shape index (κ3) is 4.46. The Kier molecular flexibility index (Phi) is 5.67. The van der Waals surface area contributed by atoms with Crippen LogP contribution < -0.4 is 0 Å². The maximum Gasteiger partial charge on any atom is 0.123 e. The monoisotopic (exact) mass is 322 g/mol. The van der Waals surface area contributed by atoms with Gasteiger partial charge in [0.25, 0.3) is 0 Å². The molecule has 124 valence electrons. The topological polar surface area (TPSA) is 9.23 Å². The van der Waals surface area contributed by atoms with Crippen LogP contribution >= 0.6 is 0 Å². The molecular weight excluding hydrogens is 299 g/mol. The summed E-state index contributed by atoms with van der Waals surface area (Å²) in [6, 6.07) is 14.8. The summed E-state index contributed by atoms with van der Waals surface area (Å²) in [5.74, 6) is 6.62. The minimum absolute atomic E-state index is 0.232.